The van der Waals surface area contributed by atoms with Gasteiger partial charge in [0.15, 0.2) is 0 Å². The molecule has 0 unspecified atom stereocenters. The fraction of sp³-hybridized carbons (Fsp3) is 0.441. The molecular formula is C34H44N4O6. The van der Waals surface area contributed by atoms with Crippen LogP contribution in [0.25, 0.3) is 0 Å². The normalized spacial score (nSPS) is 11.9. The Morgan fingerprint density at radius 3 is 2.27 bits per heavy atom. The number of hydrogen-bond donors (Lipinski definition) is 1. The molecule has 0 aliphatic carbocycles. The van der Waals surface area contributed by atoms with Crippen molar-refractivity contribution in [3.05, 3.63) is 98.7 Å². The molecule has 0 spiro atoms. The predicted octanol–water partition coefficient (Wildman–Crippen LogP) is 5.25. The van der Waals surface area contributed by atoms with Gasteiger partial charge in [0.25, 0.3) is 11.5 Å². The summed E-state index contributed by atoms with van der Waals surface area (Å²) in [7, 11) is 1.23. The van der Waals surface area contributed by atoms with Crippen LogP contribution in [-0.4, -0.2) is 64.8 Å². The third-order valence-corrected chi connectivity index (χ3v) is 7.11. The summed E-state index contributed by atoms with van der Waals surface area (Å²) < 4.78 is 11.7. The van der Waals surface area contributed by atoms with Gasteiger partial charge in [0, 0.05) is 31.1 Å². The van der Waals surface area contributed by atoms with Crippen LogP contribution in [0.2, 0.25) is 0 Å². The molecule has 0 aliphatic rings. The Bertz CT molecular complexity index is 1490. The lowest BCUT2D eigenvalue weighted by Gasteiger charge is -2.29. The number of ether oxygens (including phenoxy) is 2. The molecule has 2 amide bonds. The van der Waals surface area contributed by atoms with E-state index in [1.54, 1.807) is 44.7 Å². The molecule has 0 saturated heterocycles. The highest BCUT2D eigenvalue weighted by Crippen LogP contribution is 2.22. The second kappa shape index (κ2) is 15.3. The van der Waals surface area contributed by atoms with Gasteiger partial charge in [-0.05, 0) is 65.2 Å². The maximum absolute atomic E-state index is 13.8. The SMILES string of the molecule is CC[C@H](CN(CCCNC(=O)OC(C)(C)C)C(=O)c1ccc(C)cc1)c1nc(C)c(C(=O)OC)c(=O)n1Cc1ccccc1. The summed E-state index contributed by atoms with van der Waals surface area (Å²) >= 11 is 0. The average Bonchev–Trinajstić information content (AvgIpc) is 2.98. The van der Waals surface area contributed by atoms with Gasteiger partial charge in [0.1, 0.15) is 17.0 Å². The predicted molar refractivity (Wildman–Crippen MR) is 169 cm³/mol. The highest BCUT2D eigenvalue weighted by molar-refractivity contribution is 5.94. The molecule has 44 heavy (non-hydrogen) atoms. The first-order valence-corrected chi connectivity index (χ1v) is 14.9. The minimum absolute atomic E-state index is 0.108. The molecule has 3 rings (SSSR count). The number of carbonyl (C=O) groups excluding carboxylic acids is 3. The van der Waals surface area contributed by atoms with Gasteiger partial charge in [0.05, 0.1) is 19.3 Å². The summed E-state index contributed by atoms with van der Waals surface area (Å²) in [5.74, 6) is -0.749. The maximum atomic E-state index is 13.8. The summed E-state index contributed by atoms with van der Waals surface area (Å²) in [5, 5.41) is 2.75. The standard InChI is InChI=1S/C34H44N4O6/c1-8-26(29-36-24(3)28(32(41)43-7)31(40)38(29)21-25-13-10-9-11-14-25)22-37(30(39)27-17-15-23(2)16-18-27)20-12-19-35-33(42)44-34(4,5)6/h9-11,13-18,26H,8,12,19-22H2,1-7H3,(H,35,42)/t26-/m1/s1. The molecule has 1 aromatic heterocycles. The van der Waals surface area contributed by atoms with E-state index in [0.717, 1.165) is 11.1 Å². The largest absolute Gasteiger partial charge is 0.465 e. The highest BCUT2D eigenvalue weighted by Gasteiger charge is 2.28. The van der Waals surface area contributed by atoms with E-state index in [9.17, 15) is 19.2 Å². The third kappa shape index (κ3) is 9.26. The van der Waals surface area contributed by atoms with E-state index < -0.39 is 23.2 Å². The zero-order valence-corrected chi connectivity index (χ0v) is 26.8. The van der Waals surface area contributed by atoms with Gasteiger partial charge < -0.3 is 19.7 Å². The first-order chi connectivity index (χ1) is 20.8. The second-order valence-electron chi connectivity index (χ2n) is 11.8. The van der Waals surface area contributed by atoms with Crippen molar-refractivity contribution < 1.29 is 23.9 Å². The van der Waals surface area contributed by atoms with E-state index in [2.05, 4.69) is 5.32 Å². The minimum atomic E-state index is -0.741. The fourth-order valence-electron chi connectivity index (χ4n) is 4.84. The first-order valence-electron chi connectivity index (χ1n) is 14.9. The van der Waals surface area contributed by atoms with Crippen molar-refractivity contribution in [3.8, 4) is 0 Å². The Kier molecular flexibility index (Phi) is 11.8. The molecule has 1 atom stereocenters. The van der Waals surface area contributed by atoms with Crippen LogP contribution in [0, 0.1) is 13.8 Å². The van der Waals surface area contributed by atoms with Crippen LogP contribution in [-0.2, 0) is 16.0 Å². The van der Waals surface area contributed by atoms with E-state index in [1.165, 1.54) is 11.7 Å². The van der Waals surface area contributed by atoms with E-state index in [1.807, 2.05) is 56.3 Å². The molecule has 10 heteroatoms. The molecule has 1 heterocycles. The maximum Gasteiger partial charge on any atom is 0.407 e. The molecule has 10 nitrogen and oxygen atoms in total. The molecule has 236 valence electrons. The zero-order chi connectivity index (χ0) is 32.4. The third-order valence-electron chi connectivity index (χ3n) is 7.11. The number of carbonyl (C=O) groups is 3. The Hall–Kier alpha value is -4.47. The van der Waals surface area contributed by atoms with Gasteiger partial charge in [-0.25, -0.2) is 14.6 Å². The van der Waals surface area contributed by atoms with E-state index >= 15 is 0 Å². The lowest BCUT2D eigenvalue weighted by Crippen LogP contribution is -2.40. The van der Waals surface area contributed by atoms with E-state index in [0.29, 0.717) is 37.3 Å². The molecule has 2 aromatic carbocycles. The Balaban J connectivity index is 1.97. The van der Waals surface area contributed by atoms with Crippen molar-refractivity contribution in [1.29, 1.82) is 0 Å². The van der Waals surface area contributed by atoms with Crippen LogP contribution in [0.1, 0.15) is 89.8 Å². The van der Waals surface area contributed by atoms with Crippen LogP contribution >= 0.6 is 0 Å². The number of nitrogens with zero attached hydrogens (tertiary/aromatic N) is 3. The number of aryl methyl sites for hydroxylation is 2. The van der Waals surface area contributed by atoms with Gasteiger partial charge in [-0.2, -0.15) is 0 Å². The number of benzene rings is 2. The highest BCUT2D eigenvalue weighted by atomic mass is 16.6. The van der Waals surface area contributed by atoms with Crippen molar-refractivity contribution in [1.82, 2.24) is 19.8 Å². The Morgan fingerprint density at radius 1 is 1.02 bits per heavy atom. The zero-order valence-electron chi connectivity index (χ0n) is 26.8. The van der Waals surface area contributed by atoms with Crippen molar-refractivity contribution in [3.63, 3.8) is 0 Å². The van der Waals surface area contributed by atoms with Crippen LogP contribution in [0.15, 0.2) is 59.4 Å². The van der Waals surface area contributed by atoms with Crippen molar-refractivity contribution >= 4 is 18.0 Å². The topological polar surface area (TPSA) is 120 Å². The molecule has 0 fully saturated rings. The summed E-state index contributed by atoms with van der Waals surface area (Å²) in [6.07, 6.45) is 0.542. The van der Waals surface area contributed by atoms with Crippen LogP contribution in [0.4, 0.5) is 4.79 Å². The Morgan fingerprint density at radius 2 is 1.68 bits per heavy atom. The van der Waals surface area contributed by atoms with Crippen molar-refractivity contribution in [2.75, 3.05) is 26.7 Å². The lowest BCUT2D eigenvalue weighted by molar-refractivity contribution is 0.0524. The summed E-state index contributed by atoms with van der Waals surface area (Å²) in [6.45, 7) is 12.1. The van der Waals surface area contributed by atoms with Crippen LogP contribution < -0.4 is 10.9 Å². The smallest absolute Gasteiger partial charge is 0.407 e. The summed E-state index contributed by atoms with van der Waals surface area (Å²) in [6, 6.07) is 16.8. The van der Waals surface area contributed by atoms with Crippen molar-refractivity contribution in [2.45, 2.75) is 72.4 Å². The molecular weight excluding hydrogens is 560 g/mol. The number of aromatic nitrogens is 2. The first kappa shape index (κ1) is 34.0. The van der Waals surface area contributed by atoms with E-state index in [-0.39, 0.29) is 36.2 Å². The number of amides is 2. The summed E-state index contributed by atoms with van der Waals surface area (Å²) in [4.78, 5) is 58.8. The molecule has 0 saturated carbocycles. The number of esters is 1. The van der Waals surface area contributed by atoms with Crippen molar-refractivity contribution in [2.24, 2.45) is 0 Å². The molecule has 3 aromatic rings. The van der Waals surface area contributed by atoms with Gasteiger partial charge in [-0.1, -0.05) is 55.0 Å². The summed E-state index contributed by atoms with van der Waals surface area (Å²) in [5.41, 5.74) is 1.51. The van der Waals surface area contributed by atoms with Crippen LogP contribution in [0.3, 0.4) is 0 Å². The average molecular weight is 605 g/mol. The number of hydrogen-bond acceptors (Lipinski definition) is 7. The monoisotopic (exact) mass is 604 g/mol. The molecule has 0 aliphatic heterocycles. The minimum Gasteiger partial charge on any atom is -0.465 e. The lowest BCUT2D eigenvalue weighted by atomic mass is 10.0. The van der Waals surface area contributed by atoms with Gasteiger partial charge >= 0.3 is 12.1 Å². The van der Waals surface area contributed by atoms with Gasteiger partial charge in [0.2, 0.25) is 0 Å². The second-order valence-corrected chi connectivity index (χ2v) is 11.8. The number of nitrogens with one attached hydrogen (secondary N) is 1. The number of methoxy groups -OCH3 is 1. The van der Waals surface area contributed by atoms with Crippen LogP contribution in [0.5, 0.6) is 0 Å². The van der Waals surface area contributed by atoms with Gasteiger partial charge in [-0.3, -0.25) is 14.2 Å². The quantitative estimate of drug-likeness (QED) is 0.222. The van der Waals surface area contributed by atoms with Gasteiger partial charge in [-0.15, -0.1) is 0 Å². The number of alkyl carbamates (subject to hydrolysis) is 1. The van der Waals surface area contributed by atoms with E-state index in [4.69, 9.17) is 14.5 Å². The molecule has 1 N–H and O–H groups in total. The molecule has 0 bridgehead atoms. The number of rotatable bonds is 12. The fourth-order valence-corrected chi connectivity index (χ4v) is 4.84. The molecule has 0 radical (unpaired) electrons. The Labute approximate surface area is 259 Å².